The Labute approximate surface area is 155 Å². The van der Waals surface area contributed by atoms with Crippen molar-refractivity contribution in [3.63, 3.8) is 0 Å². The summed E-state index contributed by atoms with van der Waals surface area (Å²) in [5.41, 5.74) is 5.86. The molecule has 4 N–H and O–H groups in total. The van der Waals surface area contributed by atoms with E-state index < -0.39 is 5.91 Å². The van der Waals surface area contributed by atoms with E-state index in [0.717, 1.165) is 38.7 Å². The third-order valence-corrected chi connectivity index (χ3v) is 5.42. The number of carbonyl (C=O) groups is 1. The number of aromatic nitrogens is 2. The van der Waals surface area contributed by atoms with Crippen LogP contribution in [0.4, 0.5) is 11.8 Å². The molecule has 0 spiro atoms. The van der Waals surface area contributed by atoms with Crippen LogP contribution in [-0.2, 0) is 4.74 Å². The molecule has 1 amide bonds. The van der Waals surface area contributed by atoms with Crippen LogP contribution in [0.5, 0.6) is 0 Å². The van der Waals surface area contributed by atoms with Crippen LogP contribution in [0.2, 0.25) is 0 Å². The molecule has 1 atom stereocenters. The highest BCUT2D eigenvalue weighted by atomic mass is 16.5. The van der Waals surface area contributed by atoms with E-state index >= 15 is 0 Å². The van der Waals surface area contributed by atoms with Crippen molar-refractivity contribution < 1.29 is 9.53 Å². The van der Waals surface area contributed by atoms with Gasteiger partial charge in [-0.05, 0) is 57.8 Å². The molecule has 7 heteroatoms. The molecule has 1 heterocycles. The first-order chi connectivity index (χ1) is 12.6. The predicted octanol–water partition coefficient (Wildman–Crippen LogP) is 2.94. The zero-order chi connectivity index (χ0) is 18.5. The van der Waals surface area contributed by atoms with Crippen molar-refractivity contribution in [2.45, 2.75) is 77.0 Å². The van der Waals surface area contributed by atoms with Crippen LogP contribution in [0.15, 0.2) is 6.20 Å². The predicted molar refractivity (Wildman–Crippen MR) is 102 cm³/mol. The number of hydrogen-bond acceptors (Lipinski definition) is 6. The smallest absolute Gasteiger partial charge is 0.254 e. The molecule has 1 aromatic rings. The molecule has 0 bridgehead atoms. The second-order valence-electron chi connectivity index (χ2n) is 7.39. The maximum absolute atomic E-state index is 11.7. The van der Waals surface area contributed by atoms with Gasteiger partial charge in [0, 0.05) is 24.9 Å². The highest BCUT2D eigenvalue weighted by molar-refractivity contribution is 5.97. The standard InChI is InChI=1S/C19H31N5O2/c1-3-16(12-5-6-12)23-18-15(17(20)25)11-21-19(24-18)22-13-7-9-14(10-8-13)26-4-2/h11-14,16H,3-10H2,1-2H3,(H2,20,25)(H2,21,22,23,24)/t13-,14-,16-/m0/s1. The van der Waals surface area contributed by atoms with Gasteiger partial charge in [0.1, 0.15) is 5.82 Å². The van der Waals surface area contributed by atoms with Crippen LogP contribution in [0.25, 0.3) is 0 Å². The first-order valence-electron chi connectivity index (χ1n) is 9.92. The summed E-state index contributed by atoms with van der Waals surface area (Å²) in [4.78, 5) is 20.6. The fourth-order valence-corrected chi connectivity index (χ4v) is 3.76. The molecular weight excluding hydrogens is 330 g/mol. The third-order valence-electron chi connectivity index (χ3n) is 5.42. The second kappa shape index (κ2) is 8.66. The number of rotatable bonds is 9. The zero-order valence-corrected chi connectivity index (χ0v) is 15.8. The van der Waals surface area contributed by atoms with Gasteiger partial charge in [-0.3, -0.25) is 4.79 Å². The number of carbonyl (C=O) groups excluding carboxylic acids is 1. The molecule has 2 aliphatic rings. The summed E-state index contributed by atoms with van der Waals surface area (Å²) in [6, 6.07) is 0.668. The van der Waals surface area contributed by atoms with Crippen LogP contribution in [0, 0.1) is 5.92 Å². The summed E-state index contributed by atoms with van der Waals surface area (Å²) < 4.78 is 5.71. The number of nitrogens with zero attached hydrogens (tertiary/aromatic N) is 2. The molecule has 3 rings (SSSR count). The molecular formula is C19H31N5O2. The first kappa shape index (κ1) is 18.9. The monoisotopic (exact) mass is 361 g/mol. The van der Waals surface area contributed by atoms with E-state index in [1.54, 1.807) is 0 Å². The van der Waals surface area contributed by atoms with E-state index in [0.29, 0.717) is 41.4 Å². The van der Waals surface area contributed by atoms with Crippen molar-refractivity contribution >= 4 is 17.7 Å². The Morgan fingerprint density at radius 3 is 2.58 bits per heavy atom. The van der Waals surface area contributed by atoms with Crippen molar-refractivity contribution in [1.82, 2.24) is 9.97 Å². The highest BCUT2D eigenvalue weighted by Crippen LogP contribution is 2.36. The van der Waals surface area contributed by atoms with Crippen LogP contribution in [0.1, 0.15) is 69.2 Å². The van der Waals surface area contributed by atoms with Crippen LogP contribution in [0.3, 0.4) is 0 Å². The molecule has 2 fully saturated rings. The summed E-state index contributed by atoms with van der Waals surface area (Å²) in [6.45, 7) is 4.96. The van der Waals surface area contributed by atoms with Crippen LogP contribution in [-0.4, -0.2) is 40.7 Å². The van der Waals surface area contributed by atoms with Gasteiger partial charge in [-0.15, -0.1) is 0 Å². The molecule has 2 aliphatic carbocycles. The molecule has 0 saturated heterocycles. The summed E-state index contributed by atoms with van der Waals surface area (Å²) >= 11 is 0. The average Bonchev–Trinajstić information content (AvgIpc) is 3.46. The minimum atomic E-state index is -0.498. The number of anilines is 2. The molecule has 26 heavy (non-hydrogen) atoms. The summed E-state index contributed by atoms with van der Waals surface area (Å²) in [6.07, 6.45) is 9.54. The molecule has 2 saturated carbocycles. The Hall–Kier alpha value is -1.89. The number of hydrogen-bond donors (Lipinski definition) is 3. The lowest BCUT2D eigenvalue weighted by atomic mass is 9.93. The highest BCUT2D eigenvalue weighted by Gasteiger charge is 2.31. The number of nitrogens with one attached hydrogen (secondary N) is 2. The van der Waals surface area contributed by atoms with E-state index in [1.165, 1.54) is 19.0 Å². The lowest BCUT2D eigenvalue weighted by molar-refractivity contribution is 0.0346. The third kappa shape index (κ3) is 4.84. The Bertz CT molecular complexity index is 612. The van der Waals surface area contributed by atoms with Gasteiger partial charge in [-0.1, -0.05) is 6.92 Å². The molecule has 0 radical (unpaired) electrons. The van der Waals surface area contributed by atoms with Crippen molar-refractivity contribution in [1.29, 1.82) is 0 Å². The maximum Gasteiger partial charge on any atom is 0.254 e. The maximum atomic E-state index is 11.7. The number of primary amides is 1. The first-order valence-corrected chi connectivity index (χ1v) is 9.92. The zero-order valence-electron chi connectivity index (χ0n) is 15.8. The molecule has 144 valence electrons. The van der Waals surface area contributed by atoms with Gasteiger partial charge in [0.15, 0.2) is 0 Å². The SMILES string of the molecule is CCO[C@H]1CC[C@H](Nc2ncc(C(N)=O)c(N[C@@H](CC)C3CC3)n2)CC1. The summed E-state index contributed by atoms with van der Waals surface area (Å²) in [7, 11) is 0. The van der Waals surface area contributed by atoms with Crippen LogP contribution >= 0.6 is 0 Å². The molecule has 0 unspecified atom stereocenters. The van der Waals surface area contributed by atoms with E-state index in [1.807, 2.05) is 6.92 Å². The van der Waals surface area contributed by atoms with Gasteiger partial charge >= 0.3 is 0 Å². The minimum absolute atomic E-state index is 0.331. The van der Waals surface area contributed by atoms with Crippen molar-refractivity contribution in [2.24, 2.45) is 11.7 Å². The fourth-order valence-electron chi connectivity index (χ4n) is 3.76. The van der Waals surface area contributed by atoms with Gasteiger partial charge in [0.2, 0.25) is 5.95 Å². The normalized spacial score (nSPS) is 24.1. The number of nitrogens with two attached hydrogens (primary N) is 1. The summed E-state index contributed by atoms with van der Waals surface area (Å²) in [5.74, 6) is 1.28. The van der Waals surface area contributed by atoms with Crippen molar-refractivity contribution in [3.8, 4) is 0 Å². The molecule has 7 nitrogen and oxygen atoms in total. The van der Waals surface area contributed by atoms with Crippen molar-refractivity contribution in [2.75, 3.05) is 17.2 Å². The second-order valence-corrected chi connectivity index (χ2v) is 7.39. The Kier molecular flexibility index (Phi) is 6.29. The Balaban J connectivity index is 1.66. The number of ether oxygens (including phenoxy) is 1. The fraction of sp³-hybridized carbons (Fsp3) is 0.737. The largest absolute Gasteiger partial charge is 0.379 e. The lowest BCUT2D eigenvalue weighted by Crippen LogP contribution is -2.31. The van der Waals surface area contributed by atoms with Crippen LogP contribution < -0.4 is 16.4 Å². The van der Waals surface area contributed by atoms with Gasteiger partial charge in [-0.2, -0.15) is 4.98 Å². The van der Waals surface area contributed by atoms with Gasteiger partial charge in [0.05, 0.1) is 11.7 Å². The molecule has 0 aromatic carbocycles. The van der Waals surface area contributed by atoms with Gasteiger partial charge < -0.3 is 21.1 Å². The Morgan fingerprint density at radius 1 is 1.27 bits per heavy atom. The van der Waals surface area contributed by atoms with E-state index in [9.17, 15) is 4.79 Å². The Morgan fingerprint density at radius 2 is 2.00 bits per heavy atom. The van der Waals surface area contributed by atoms with E-state index in [-0.39, 0.29) is 0 Å². The summed E-state index contributed by atoms with van der Waals surface area (Å²) in [5, 5.41) is 6.85. The lowest BCUT2D eigenvalue weighted by Gasteiger charge is -2.29. The van der Waals surface area contributed by atoms with E-state index in [4.69, 9.17) is 10.5 Å². The van der Waals surface area contributed by atoms with Crippen molar-refractivity contribution in [3.05, 3.63) is 11.8 Å². The van der Waals surface area contributed by atoms with E-state index in [2.05, 4.69) is 27.5 Å². The number of amides is 1. The van der Waals surface area contributed by atoms with Gasteiger partial charge in [-0.25, -0.2) is 4.98 Å². The average molecular weight is 361 g/mol. The minimum Gasteiger partial charge on any atom is -0.379 e. The molecule has 1 aromatic heterocycles. The topological polar surface area (TPSA) is 102 Å². The quantitative estimate of drug-likeness (QED) is 0.625. The molecule has 0 aliphatic heterocycles. The van der Waals surface area contributed by atoms with Gasteiger partial charge in [0.25, 0.3) is 5.91 Å².